The topological polar surface area (TPSA) is 96.5 Å². The Bertz CT molecular complexity index is 1040. The van der Waals surface area contributed by atoms with Crippen molar-refractivity contribution in [2.45, 2.75) is 37.3 Å². The number of benzene rings is 2. The van der Waals surface area contributed by atoms with Crippen molar-refractivity contribution >= 4 is 31.6 Å². The van der Waals surface area contributed by atoms with Crippen LogP contribution in [0.25, 0.3) is 10.2 Å². The largest absolute Gasteiger partial charge is 0.390 e. The number of aliphatic hydroxyl groups is 1. The highest BCUT2D eigenvalue weighted by atomic mass is 32.2. The van der Waals surface area contributed by atoms with Crippen LogP contribution in [0.1, 0.15) is 19.4 Å². The molecule has 6 nitrogen and oxygen atoms in total. The van der Waals surface area contributed by atoms with Crippen LogP contribution in [0.4, 0.5) is 0 Å². The second-order valence-corrected chi connectivity index (χ2v) is 10.4. The van der Waals surface area contributed by atoms with Gasteiger partial charge in [0.2, 0.25) is 10.0 Å². The Balaban J connectivity index is 1.80. The molecule has 0 fully saturated rings. The molecule has 0 radical (unpaired) electrons. The summed E-state index contributed by atoms with van der Waals surface area (Å²) in [6.07, 6.45) is -0.499. The van der Waals surface area contributed by atoms with Gasteiger partial charge in [-0.2, -0.15) is 4.31 Å². The molecule has 0 amide bonds. The van der Waals surface area contributed by atoms with Gasteiger partial charge in [-0.3, -0.25) is 0 Å². The van der Waals surface area contributed by atoms with E-state index in [-0.39, 0.29) is 17.4 Å². The third-order valence-electron chi connectivity index (χ3n) is 4.71. The van der Waals surface area contributed by atoms with Gasteiger partial charge in [0, 0.05) is 19.1 Å². The quantitative estimate of drug-likeness (QED) is 0.541. The molecule has 0 spiro atoms. The highest BCUT2D eigenvalue weighted by Crippen LogP contribution is 2.25. The molecule has 0 aliphatic heterocycles. The van der Waals surface area contributed by atoms with Crippen LogP contribution >= 0.6 is 11.3 Å². The lowest BCUT2D eigenvalue weighted by Gasteiger charge is -2.28. The molecule has 0 bridgehead atoms. The summed E-state index contributed by atoms with van der Waals surface area (Å²) < 4.78 is 28.8. The number of thiazole rings is 1. The average Bonchev–Trinajstić information content (AvgIpc) is 3.15. The molecule has 0 aliphatic rings. The summed E-state index contributed by atoms with van der Waals surface area (Å²) in [6, 6.07) is 14.0. The summed E-state index contributed by atoms with van der Waals surface area (Å²) in [4.78, 5) is 4.41. The van der Waals surface area contributed by atoms with E-state index in [2.05, 4.69) is 4.98 Å². The van der Waals surface area contributed by atoms with Crippen molar-refractivity contribution in [1.29, 1.82) is 0 Å². The predicted octanol–water partition coefficient (Wildman–Crippen LogP) is 2.87. The number of aliphatic hydroxyl groups excluding tert-OH is 1. The van der Waals surface area contributed by atoms with Crippen molar-refractivity contribution in [3.05, 3.63) is 59.6 Å². The monoisotopic (exact) mass is 433 g/mol. The minimum Gasteiger partial charge on any atom is -0.390 e. The highest BCUT2D eigenvalue weighted by Gasteiger charge is 2.29. The maximum absolute atomic E-state index is 13.3. The summed E-state index contributed by atoms with van der Waals surface area (Å²) in [5.74, 6) is 0.106. The molecular formula is C21H27N3O3S2. The first kappa shape index (κ1) is 21.9. The molecule has 156 valence electrons. The van der Waals surface area contributed by atoms with Crippen molar-refractivity contribution in [2.24, 2.45) is 11.7 Å². The molecule has 0 saturated heterocycles. The van der Waals surface area contributed by atoms with Gasteiger partial charge in [0.25, 0.3) is 0 Å². The number of nitrogens with two attached hydrogens (primary N) is 1. The normalized spacial score (nSPS) is 14.6. The van der Waals surface area contributed by atoms with E-state index in [9.17, 15) is 13.5 Å². The van der Waals surface area contributed by atoms with Crippen molar-refractivity contribution in [3.63, 3.8) is 0 Å². The molecule has 3 rings (SSSR count). The number of nitrogens with zero attached hydrogens (tertiary/aromatic N) is 2. The summed E-state index contributed by atoms with van der Waals surface area (Å²) in [6.45, 7) is 4.16. The molecule has 29 heavy (non-hydrogen) atoms. The summed E-state index contributed by atoms with van der Waals surface area (Å²) in [7, 11) is -3.77. The van der Waals surface area contributed by atoms with Crippen molar-refractivity contribution < 1.29 is 13.5 Å². The maximum Gasteiger partial charge on any atom is 0.243 e. The maximum atomic E-state index is 13.3. The Morgan fingerprint density at radius 2 is 1.86 bits per heavy atom. The molecule has 1 heterocycles. The Morgan fingerprint density at radius 1 is 1.14 bits per heavy atom. The molecule has 0 saturated carbocycles. The minimum atomic E-state index is -3.77. The summed E-state index contributed by atoms with van der Waals surface area (Å²) in [5, 5.41) is 10.7. The van der Waals surface area contributed by atoms with Crippen molar-refractivity contribution in [1.82, 2.24) is 9.29 Å². The van der Waals surface area contributed by atoms with Gasteiger partial charge in [-0.05, 0) is 36.1 Å². The van der Waals surface area contributed by atoms with Gasteiger partial charge in [-0.25, -0.2) is 13.4 Å². The number of aromatic nitrogens is 1. The molecule has 0 aliphatic carbocycles. The molecule has 3 aromatic rings. The fourth-order valence-electron chi connectivity index (χ4n) is 3.19. The summed E-state index contributed by atoms with van der Waals surface area (Å²) >= 11 is 1.40. The van der Waals surface area contributed by atoms with Crippen LogP contribution in [0.5, 0.6) is 0 Å². The standard InChI is InChI=1S/C21H27N3O3S2/c1-15(2)12-24(13-20(25)18(22)10-16-6-4-3-5-7-16)29(26,27)17-8-9-19-21(11-17)28-14-23-19/h3-9,11,14-15,18,20,25H,10,12-13,22H2,1-2H3. The van der Waals surface area contributed by atoms with Crippen LogP contribution in [0.15, 0.2) is 58.9 Å². The zero-order chi connectivity index (χ0) is 21.0. The molecule has 2 atom stereocenters. The third-order valence-corrected chi connectivity index (χ3v) is 7.33. The van der Waals surface area contributed by atoms with Gasteiger partial charge >= 0.3 is 0 Å². The molecule has 1 aromatic heterocycles. The number of hydrogen-bond donors (Lipinski definition) is 2. The van der Waals surface area contributed by atoms with E-state index in [1.807, 2.05) is 44.2 Å². The van der Waals surface area contributed by atoms with E-state index in [0.717, 1.165) is 15.8 Å². The lowest BCUT2D eigenvalue weighted by atomic mass is 10.0. The fourth-order valence-corrected chi connectivity index (χ4v) is 5.63. The van der Waals surface area contributed by atoms with Gasteiger partial charge in [0.1, 0.15) is 0 Å². The van der Waals surface area contributed by atoms with E-state index in [0.29, 0.717) is 13.0 Å². The fraction of sp³-hybridized carbons (Fsp3) is 0.381. The Morgan fingerprint density at radius 3 is 2.55 bits per heavy atom. The number of hydrogen-bond acceptors (Lipinski definition) is 6. The van der Waals surface area contributed by atoms with E-state index < -0.39 is 22.2 Å². The van der Waals surface area contributed by atoms with Gasteiger partial charge in [-0.15, -0.1) is 11.3 Å². The Labute approximate surface area is 176 Å². The van der Waals surface area contributed by atoms with Crippen molar-refractivity contribution in [2.75, 3.05) is 13.1 Å². The Hall–Kier alpha value is -1.84. The van der Waals surface area contributed by atoms with Gasteiger partial charge in [0.15, 0.2) is 0 Å². The van der Waals surface area contributed by atoms with Gasteiger partial charge in [0.05, 0.1) is 26.7 Å². The molecule has 3 N–H and O–H groups in total. The zero-order valence-electron chi connectivity index (χ0n) is 16.6. The predicted molar refractivity (Wildman–Crippen MR) is 117 cm³/mol. The lowest BCUT2D eigenvalue weighted by Crippen LogP contribution is -2.47. The van der Waals surface area contributed by atoms with E-state index >= 15 is 0 Å². The molecular weight excluding hydrogens is 406 g/mol. The first-order chi connectivity index (χ1) is 13.8. The first-order valence-electron chi connectivity index (χ1n) is 9.58. The smallest absolute Gasteiger partial charge is 0.243 e. The zero-order valence-corrected chi connectivity index (χ0v) is 18.2. The highest BCUT2D eigenvalue weighted by molar-refractivity contribution is 7.89. The van der Waals surface area contributed by atoms with Crippen LogP contribution in [0.2, 0.25) is 0 Å². The van der Waals surface area contributed by atoms with Crippen LogP contribution in [-0.4, -0.2) is 48.0 Å². The van der Waals surface area contributed by atoms with E-state index in [1.54, 1.807) is 23.7 Å². The number of fused-ring (bicyclic) bond motifs is 1. The molecule has 2 aromatic carbocycles. The van der Waals surface area contributed by atoms with E-state index in [1.165, 1.54) is 15.6 Å². The van der Waals surface area contributed by atoms with E-state index in [4.69, 9.17) is 5.73 Å². The number of rotatable bonds is 9. The van der Waals surface area contributed by atoms with Crippen LogP contribution in [0.3, 0.4) is 0 Å². The number of sulfonamides is 1. The van der Waals surface area contributed by atoms with Gasteiger partial charge in [-0.1, -0.05) is 44.2 Å². The lowest BCUT2D eigenvalue weighted by molar-refractivity contribution is 0.116. The van der Waals surface area contributed by atoms with Gasteiger partial charge < -0.3 is 10.8 Å². The van der Waals surface area contributed by atoms with Crippen LogP contribution < -0.4 is 5.73 Å². The molecule has 8 heteroatoms. The van der Waals surface area contributed by atoms with Crippen LogP contribution in [-0.2, 0) is 16.4 Å². The SMILES string of the molecule is CC(C)CN(CC(O)C(N)Cc1ccccc1)S(=O)(=O)c1ccc2ncsc2c1. The average molecular weight is 434 g/mol. The first-order valence-corrected chi connectivity index (χ1v) is 11.9. The molecule has 2 unspecified atom stereocenters. The second-order valence-electron chi connectivity index (χ2n) is 7.62. The van der Waals surface area contributed by atoms with Crippen molar-refractivity contribution in [3.8, 4) is 0 Å². The second kappa shape index (κ2) is 9.32. The minimum absolute atomic E-state index is 0.0464. The van der Waals surface area contributed by atoms with Crippen LogP contribution in [0, 0.1) is 5.92 Å². The Kier molecular flexibility index (Phi) is 7.02. The summed E-state index contributed by atoms with van der Waals surface area (Å²) in [5.41, 5.74) is 9.67. The third kappa shape index (κ3) is 5.40.